The lowest BCUT2D eigenvalue weighted by Crippen LogP contribution is -2.37. The number of hydrogen-bond acceptors (Lipinski definition) is 2. The Hall–Kier alpha value is -1.61. The molecule has 0 unspecified atom stereocenters. The zero-order chi connectivity index (χ0) is 12.2. The van der Waals surface area contributed by atoms with Gasteiger partial charge >= 0.3 is 0 Å². The summed E-state index contributed by atoms with van der Waals surface area (Å²) in [6, 6.07) is 9.34. The molecule has 0 aliphatic heterocycles. The van der Waals surface area contributed by atoms with E-state index in [2.05, 4.69) is 6.58 Å². The second kappa shape index (κ2) is 4.94. The highest BCUT2D eigenvalue weighted by Crippen LogP contribution is 2.20. The number of nitrogens with zero attached hydrogens (tertiary/aromatic N) is 1. The van der Waals surface area contributed by atoms with Crippen LogP contribution in [-0.2, 0) is 11.3 Å². The number of carbonyl (C=O) groups excluding carboxylic acids is 1. The van der Waals surface area contributed by atoms with Gasteiger partial charge in [0.15, 0.2) is 0 Å². The Labute approximate surface area is 96.0 Å². The Morgan fingerprint density at radius 3 is 2.50 bits per heavy atom. The molecule has 0 heterocycles. The average molecular weight is 219 g/mol. The Kier molecular flexibility index (Phi) is 3.85. The number of carbonyl (C=O) groups is 1. The molecule has 0 saturated carbocycles. The third-order valence-electron chi connectivity index (χ3n) is 2.47. The number of hydroxylamine groups is 2. The summed E-state index contributed by atoms with van der Waals surface area (Å²) < 4.78 is 0. The van der Waals surface area contributed by atoms with Gasteiger partial charge in [-0.2, -0.15) is 0 Å². The third kappa shape index (κ3) is 2.94. The maximum absolute atomic E-state index is 11.8. The molecule has 1 aromatic carbocycles. The third-order valence-corrected chi connectivity index (χ3v) is 2.47. The minimum Gasteiger partial charge on any atom is -0.286 e. The SMILES string of the molecule is C=CC(C)(C)C(=O)N(O)Cc1ccccc1. The lowest BCUT2D eigenvalue weighted by Gasteiger charge is -2.24. The van der Waals surface area contributed by atoms with Gasteiger partial charge < -0.3 is 0 Å². The Balaban J connectivity index is 2.70. The summed E-state index contributed by atoms with van der Waals surface area (Å²) in [5.74, 6) is -0.355. The second-order valence-electron chi connectivity index (χ2n) is 4.27. The lowest BCUT2D eigenvalue weighted by atomic mass is 9.92. The predicted octanol–water partition coefficient (Wildman–Crippen LogP) is 2.62. The molecule has 86 valence electrons. The summed E-state index contributed by atoms with van der Waals surface area (Å²) in [4.78, 5) is 11.8. The van der Waals surface area contributed by atoms with Crippen LogP contribution in [-0.4, -0.2) is 16.2 Å². The van der Waals surface area contributed by atoms with Crippen molar-refractivity contribution in [2.24, 2.45) is 5.41 Å². The summed E-state index contributed by atoms with van der Waals surface area (Å²) in [5, 5.41) is 10.4. The van der Waals surface area contributed by atoms with E-state index in [0.29, 0.717) is 0 Å². The average Bonchev–Trinajstić information content (AvgIpc) is 2.29. The summed E-state index contributed by atoms with van der Waals surface area (Å²) in [6.45, 7) is 7.21. The van der Waals surface area contributed by atoms with Gasteiger partial charge in [0.2, 0.25) is 0 Å². The molecule has 0 fully saturated rings. The lowest BCUT2D eigenvalue weighted by molar-refractivity contribution is -0.175. The molecule has 16 heavy (non-hydrogen) atoms. The van der Waals surface area contributed by atoms with Crippen LogP contribution in [0.15, 0.2) is 43.0 Å². The summed E-state index contributed by atoms with van der Waals surface area (Å²) in [7, 11) is 0. The zero-order valence-electron chi connectivity index (χ0n) is 9.68. The fourth-order valence-electron chi connectivity index (χ4n) is 1.25. The van der Waals surface area contributed by atoms with E-state index >= 15 is 0 Å². The topological polar surface area (TPSA) is 40.5 Å². The fourth-order valence-corrected chi connectivity index (χ4v) is 1.25. The summed E-state index contributed by atoms with van der Waals surface area (Å²) in [6.07, 6.45) is 1.53. The van der Waals surface area contributed by atoms with Crippen LogP contribution in [0, 0.1) is 5.41 Å². The minimum atomic E-state index is -0.746. The molecule has 1 N–H and O–H groups in total. The van der Waals surface area contributed by atoms with Crippen LogP contribution in [0.1, 0.15) is 19.4 Å². The summed E-state index contributed by atoms with van der Waals surface area (Å²) >= 11 is 0. The first-order valence-electron chi connectivity index (χ1n) is 5.16. The van der Waals surface area contributed by atoms with Crippen LogP contribution in [0.25, 0.3) is 0 Å². The van der Waals surface area contributed by atoms with Crippen LogP contribution in [0.5, 0.6) is 0 Å². The van der Waals surface area contributed by atoms with E-state index in [1.807, 2.05) is 30.3 Å². The van der Waals surface area contributed by atoms with Crippen molar-refractivity contribution >= 4 is 5.91 Å². The maximum Gasteiger partial charge on any atom is 0.255 e. The number of amides is 1. The van der Waals surface area contributed by atoms with E-state index in [1.165, 1.54) is 6.08 Å². The molecule has 0 aromatic heterocycles. The van der Waals surface area contributed by atoms with Crippen LogP contribution in [0.3, 0.4) is 0 Å². The number of hydrogen-bond donors (Lipinski definition) is 1. The van der Waals surface area contributed by atoms with E-state index in [9.17, 15) is 10.0 Å². The number of rotatable bonds is 4. The highest BCUT2D eigenvalue weighted by Gasteiger charge is 2.28. The van der Waals surface area contributed by atoms with E-state index < -0.39 is 5.41 Å². The molecule has 3 nitrogen and oxygen atoms in total. The van der Waals surface area contributed by atoms with Crippen LogP contribution in [0.2, 0.25) is 0 Å². The van der Waals surface area contributed by atoms with Crippen LogP contribution < -0.4 is 0 Å². The molecule has 1 rings (SSSR count). The minimum absolute atomic E-state index is 0.191. The highest BCUT2D eigenvalue weighted by molar-refractivity contribution is 5.82. The van der Waals surface area contributed by atoms with E-state index in [0.717, 1.165) is 10.6 Å². The molecule has 0 spiro atoms. The first kappa shape index (κ1) is 12.5. The molecular formula is C13H17NO2. The summed E-state index contributed by atoms with van der Waals surface area (Å²) in [5.41, 5.74) is 0.141. The molecule has 1 amide bonds. The van der Waals surface area contributed by atoms with Crippen molar-refractivity contribution in [1.82, 2.24) is 5.06 Å². The van der Waals surface area contributed by atoms with Gasteiger partial charge in [-0.15, -0.1) is 6.58 Å². The molecular weight excluding hydrogens is 202 g/mol. The zero-order valence-corrected chi connectivity index (χ0v) is 9.68. The van der Waals surface area contributed by atoms with E-state index in [4.69, 9.17) is 0 Å². The Morgan fingerprint density at radius 2 is 2.00 bits per heavy atom. The second-order valence-corrected chi connectivity index (χ2v) is 4.27. The van der Waals surface area contributed by atoms with Gasteiger partial charge in [0.1, 0.15) is 0 Å². The predicted molar refractivity (Wildman–Crippen MR) is 62.8 cm³/mol. The van der Waals surface area contributed by atoms with Crippen molar-refractivity contribution in [1.29, 1.82) is 0 Å². The standard InChI is InChI=1S/C13H17NO2/c1-4-13(2,3)12(15)14(16)10-11-8-6-5-7-9-11/h4-9,16H,1,10H2,2-3H3. The van der Waals surface area contributed by atoms with Gasteiger partial charge in [-0.05, 0) is 19.4 Å². The van der Waals surface area contributed by atoms with Crippen molar-refractivity contribution in [3.05, 3.63) is 48.6 Å². The van der Waals surface area contributed by atoms with Crippen molar-refractivity contribution in [2.75, 3.05) is 0 Å². The largest absolute Gasteiger partial charge is 0.286 e. The van der Waals surface area contributed by atoms with Crippen molar-refractivity contribution < 1.29 is 10.0 Å². The van der Waals surface area contributed by atoms with Gasteiger partial charge in [-0.3, -0.25) is 10.0 Å². The van der Waals surface area contributed by atoms with Crippen LogP contribution >= 0.6 is 0 Å². The Morgan fingerprint density at radius 1 is 1.44 bits per heavy atom. The van der Waals surface area contributed by atoms with Gasteiger partial charge in [-0.25, -0.2) is 5.06 Å². The number of benzene rings is 1. The maximum atomic E-state index is 11.8. The smallest absolute Gasteiger partial charge is 0.255 e. The first-order valence-corrected chi connectivity index (χ1v) is 5.16. The van der Waals surface area contributed by atoms with E-state index in [-0.39, 0.29) is 12.5 Å². The first-order chi connectivity index (χ1) is 7.47. The molecule has 0 atom stereocenters. The van der Waals surface area contributed by atoms with Gasteiger partial charge in [-0.1, -0.05) is 36.4 Å². The molecule has 0 bridgehead atoms. The highest BCUT2D eigenvalue weighted by atomic mass is 16.5. The molecule has 0 aliphatic carbocycles. The monoisotopic (exact) mass is 219 g/mol. The van der Waals surface area contributed by atoms with Gasteiger partial charge in [0.25, 0.3) is 5.91 Å². The molecule has 0 aliphatic rings. The van der Waals surface area contributed by atoms with Crippen molar-refractivity contribution in [3.8, 4) is 0 Å². The van der Waals surface area contributed by atoms with Crippen LogP contribution in [0.4, 0.5) is 0 Å². The molecule has 0 saturated heterocycles. The quantitative estimate of drug-likeness (QED) is 0.480. The fraction of sp³-hybridized carbons (Fsp3) is 0.308. The van der Waals surface area contributed by atoms with Crippen molar-refractivity contribution in [3.63, 3.8) is 0 Å². The normalized spacial score (nSPS) is 10.9. The van der Waals surface area contributed by atoms with Gasteiger partial charge in [0, 0.05) is 0 Å². The van der Waals surface area contributed by atoms with Crippen molar-refractivity contribution in [2.45, 2.75) is 20.4 Å². The van der Waals surface area contributed by atoms with E-state index in [1.54, 1.807) is 13.8 Å². The molecule has 0 radical (unpaired) electrons. The van der Waals surface area contributed by atoms with Gasteiger partial charge in [0.05, 0.1) is 12.0 Å². The molecule has 1 aromatic rings. The molecule has 3 heteroatoms. The Bertz CT molecular complexity index is 371.